The zero-order valence-electron chi connectivity index (χ0n) is 23.8. The lowest BCUT2D eigenvalue weighted by Gasteiger charge is -2.26. The van der Waals surface area contributed by atoms with Crippen LogP contribution >= 0.6 is 0 Å². The molecule has 2 aromatic heterocycles. The number of ether oxygens (including phenoxy) is 2. The Bertz CT molecular complexity index is 1470. The number of urea groups is 1. The summed E-state index contributed by atoms with van der Waals surface area (Å²) in [5.41, 5.74) is 3.35. The molecule has 214 valence electrons. The first-order valence-electron chi connectivity index (χ1n) is 13.6. The predicted molar refractivity (Wildman–Crippen MR) is 159 cm³/mol. The molecule has 4 aromatic rings. The second kappa shape index (κ2) is 12.4. The highest BCUT2D eigenvalue weighted by atomic mass is 16.5. The first-order chi connectivity index (χ1) is 19.8. The number of morpholine rings is 1. The van der Waals surface area contributed by atoms with Gasteiger partial charge in [-0.05, 0) is 42.0 Å². The van der Waals surface area contributed by atoms with Crippen molar-refractivity contribution in [1.29, 1.82) is 0 Å². The van der Waals surface area contributed by atoms with Crippen LogP contribution in [0.2, 0.25) is 0 Å². The van der Waals surface area contributed by atoms with Crippen LogP contribution in [0.4, 0.5) is 22.1 Å². The molecular formula is C30H36N8O3. The summed E-state index contributed by atoms with van der Waals surface area (Å²) >= 11 is 0. The fourth-order valence-corrected chi connectivity index (χ4v) is 4.38. The third-order valence-corrected chi connectivity index (χ3v) is 6.62. The van der Waals surface area contributed by atoms with Crippen LogP contribution in [0.15, 0.2) is 67.0 Å². The fraction of sp³-hybridized carbons (Fsp3) is 0.333. The van der Waals surface area contributed by atoms with E-state index in [2.05, 4.69) is 63.7 Å². The van der Waals surface area contributed by atoms with Crippen LogP contribution < -0.4 is 20.7 Å². The number of hydrogen-bond acceptors (Lipinski definition) is 8. The molecule has 0 atom stereocenters. The second-order valence-corrected chi connectivity index (χ2v) is 10.8. The highest BCUT2D eigenvalue weighted by Crippen LogP contribution is 2.27. The van der Waals surface area contributed by atoms with E-state index in [1.54, 1.807) is 42.1 Å². The van der Waals surface area contributed by atoms with Crippen molar-refractivity contribution in [3.8, 4) is 17.3 Å². The van der Waals surface area contributed by atoms with Gasteiger partial charge in [0.05, 0.1) is 24.6 Å². The third-order valence-electron chi connectivity index (χ3n) is 6.62. The lowest BCUT2D eigenvalue weighted by molar-refractivity contribution is 0.0342. The summed E-state index contributed by atoms with van der Waals surface area (Å²) in [4.78, 5) is 23.6. The van der Waals surface area contributed by atoms with Crippen molar-refractivity contribution in [2.75, 3.05) is 49.3 Å². The van der Waals surface area contributed by atoms with Gasteiger partial charge in [0.2, 0.25) is 5.88 Å². The normalized spacial score (nSPS) is 14.0. The summed E-state index contributed by atoms with van der Waals surface area (Å²) in [6.07, 6.45) is 1.43. The molecule has 1 aliphatic heterocycles. The Kier molecular flexibility index (Phi) is 8.46. The molecule has 2 amide bonds. The Morgan fingerprint density at radius 2 is 1.78 bits per heavy atom. The predicted octanol–water partition coefficient (Wildman–Crippen LogP) is 5.27. The smallest absolute Gasteiger partial charge is 0.324 e. The monoisotopic (exact) mass is 556 g/mol. The minimum Gasteiger partial charge on any atom is -0.439 e. The van der Waals surface area contributed by atoms with Crippen molar-refractivity contribution in [3.63, 3.8) is 0 Å². The number of nitrogens with one attached hydrogen (secondary N) is 3. The molecule has 11 heteroatoms. The van der Waals surface area contributed by atoms with E-state index in [1.165, 1.54) is 11.9 Å². The number of amides is 2. The van der Waals surface area contributed by atoms with E-state index in [1.807, 2.05) is 18.2 Å². The van der Waals surface area contributed by atoms with E-state index in [0.717, 1.165) is 44.2 Å². The van der Waals surface area contributed by atoms with Crippen LogP contribution in [0.5, 0.6) is 11.6 Å². The number of carbonyl (C=O) groups is 1. The first-order valence-corrected chi connectivity index (χ1v) is 13.6. The van der Waals surface area contributed by atoms with Gasteiger partial charge in [-0.15, -0.1) is 0 Å². The van der Waals surface area contributed by atoms with Gasteiger partial charge in [-0.3, -0.25) is 10.2 Å². The Morgan fingerprint density at radius 1 is 1.00 bits per heavy atom. The van der Waals surface area contributed by atoms with Crippen molar-refractivity contribution in [1.82, 2.24) is 24.6 Å². The van der Waals surface area contributed by atoms with E-state index in [0.29, 0.717) is 29.0 Å². The van der Waals surface area contributed by atoms with E-state index < -0.39 is 0 Å². The number of aromatic nitrogens is 4. The van der Waals surface area contributed by atoms with Crippen LogP contribution in [0.3, 0.4) is 0 Å². The van der Waals surface area contributed by atoms with Crippen LogP contribution in [0.25, 0.3) is 5.69 Å². The molecule has 2 aromatic carbocycles. The van der Waals surface area contributed by atoms with Crippen molar-refractivity contribution >= 4 is 23.4 Å². The zero-order valence-corrected chi connectivity index (χ0v) is 23.8. The van der Waals surface area contributed by atoms with Crippen molar-refractivity contribution in [3.05, 3.63) is 78.2 Å². The van der Waals surface area contributed by atoms with Crippen LogP contribution in [-0.4, -0.2) is 64.0 Å². The standard InChI is InChI=1S/C30H36N8O3/c1-30(2,3)25-17-27(38(36-25)23-7-5-6-21(16-23)19-37-12-14-40-15-13-37)35-29(39)34-22-8-10-24(11-9-22)41-28-18-26(31-4)32-20-33-28/h5-11,16-18,20H,12-15,19H2,1-4H3,(H,31,32,33)(H2,34,35,39). The number of rotatable bonds is 8. The molecule has 3 N–H and O–H groups in total. The molecule has 3 heterocycles. The highest BCUT2D eigenvalue weighted by Gasteiger charge is 2.22. The SMILES string of the molecule is CNc1cc(Oc2ccc(NC(=O)Nc3cc(C(C)(C)C)nn3-c3cccc(CN4CCOCC4)c3)cc2)ncn1. The number of carbonyl (C=O) groups excluding carboxylic acids is 1. The average molecular weight is 557 g/mol. The molecule has 41 heavy (non-hydrogen) atoms. The van der Waals surface area contributed by atoms with E-state index >= 15 is 0 Å². The summed E-state index contributed by atoms with van der Waals surface area (Å²) in [5.74, 6) is 2.24. The summed E-state index contributed by atoms with van der Waals surface area (Å²) in [6, 6.07) is 18.6. The maximum absolute atomic E-state index is 13.1. The maximum Gasteiger partial charge on any atom is 0.324 e. The van der Waals surface area contributed by atoms with Gasteiger partial charge in [0, 0.05) is 49.9 Å². The minimum absolute atomic E-state index is 0.197. The largest absolute Gasteiger partial charge is 0.439 e. The van der Waals surface area contributed by atoms with Gasteiger partial charge in [0.25, 0.3) is 0 Å². The summed E-state index contributed by atoms with van der Waals surface area (Å²) in [6.45, 7) is 10.5. The van der Waals surface area contributed by atoms with Crippen LogP contribution in [0, 0.1) is 0 Å². The first kappa shape index (κ1) is 28.1. The third kappa shape index (κ3) is 7.38. The van der Waals surface area contributed by atoms with Crippen LogP contribution in [0.1, 0.15) is 32.0 Å². The maximum atomic E-state index is 13.1. The van der Waals surface area contributed by atoms with Crippen LogP contribution in [-0.2, 0) is 16.7 Å². The zero-order chi connectivity index (χ0) is 28.8. The summed E-state index contributed by atoms with van der Waals surface area (Å²) in [5, 5.41) is 13.7. The molecule has 0 spiro atoms. The molecule has 1 aliphatic rings. The fourth-order valence-electron chi connectivity index (χ4n) is 4.38. The summed E-state index contributed by atoms with van der Waals surface area (Å²) < 4.78 is 13.1. The Hall–Kier alpha value is -4.48. The Morgan fingerprint density at radius 3 is 2.51 bits per heavy atom. The molecule has 0 unspecified atom stereocenters. The van der Waals surface area contributed by atoms with Gasteiger partial charge in [-0.2, -0.15) is 5.10 Å². The van der Waals surface area contributed by atoms with Gasteiger partial charge in [-0.1, -0.05) is 32.9 Å². The van der Waals surface area contributed by atoms with E-state index in [9.17, 15) is 4.79 Å². The molecule has 11 nitrogen and oxygen atoms in total. The number of hydrogen-bond donors (Lipinski definition) is 3. The topological polar surface area (TPSA) is 118 Å². The molecular weight excluding hydrogens is 520 g/mol. The number of nitrogens with zero attached hydrogens (tertiary/aromatic N) is 5. The lowest BCUT2D eigenvalue weighted by Crippen LogP contribution is -2.35. The van der Waals surface area contributed by atoms with Gasteiger partial charge in [0.15, 0.2) is 0 Å². The molecule has 0 bridgehead atoms. The Labute approximate surface area is 239 Å². The van der Waals surface area contributed by atoms with Crippen molar-refractivity contribution in [2.24, 2.45) is 0 Å². The second-order valence-electron chi connectivity index (χ2n) is 10.8. The average Bonchev–Trinajstić information content (AvgIpc) is 3.39. The van der Waals surface area contributed by atoms with Gasteiger partial charge in [0.1, 0.15) is 23.7 Å². The molecule has 1 saturated heterocycles. The molecule has 0 saturated carbocycles. The van der Waals surface area contributed by atoms with E-state index in [4.69, 9.17) is 14.6 Å². The lowest BCUT2D eigenvalue weighted by atomic mass is 9.92. The minimum atomic E-state index is -0.376. The van der Waals surface area contributed by atoms with Crippen molar-refractivity contribution in [2.45, 2.75) is 32.7 Å². The quantitative estimate of drug-likeness (QED) is 0.269. The molecule has 0 radical (unpaired) electrons. The Balaban J connectivity index is 1.29. The van der Waals surface area contributed by atoms with Crippen molar-refractivity contribution < 1.29 is 14.3 Å². The highest BCUT2D eigenvalue weighted by molar-refractivity contribution is 5.99. The molecule has 0 aliphatic carbocycles. The summed E-state index contributed by atoms with van der Waals surface area (Å²) in [7, 11) is 1.78. The van der Waals surface area contributed by atoms with Gasteiger partial charge in [-0.25, -0.2) is 19.4 Å². The number of benzene rings is 2. The molecule has 1 fully saturated rings. The van der Waals surface area contributed by atoms with Gasteiger partial charge >= 0.3 is 6.03 Å². The molecule has 5 rings (SSSR count). The van der Waals surface area contributed by atoms with E-state index in [-0.39, 0.29) is 11.4 Å². The van der Waals surface area contributed by atoms with Gasteiger partial charge < -0.3 is 20.1 Å². The number of anilines is 3.